The average Bonchev–Trinajstić information content (AvgIpc) is 3.88. The highest BCUT2D eigenvalue weighted by Crippen LogP contribution is 2.43. The summed E-state index contributed by atoms with van der Waals surface area (Å²) in [4.78, 5) is 67.1. The zero-order valence-corrected chi connectivity index (χ0v) is 43.0. The van der Waals surface area contributed by atoms with Gasteiger partial charge in [-0.15, -0.1) is 23.1 Å². The number of carbonyl (C=O) groups is 4. The molecule has 0 bridgehead atoms. The van der Waals surface area contributed by atoms with Gasteiger partial charge in [-0.3, -0.25) is 14.5 Å². The number of halogens is 1. The summed E-state index contributed by atoms with van der Waals surface area (Å²) in [5, 5.41) is 23.5. The standard InChI is InChI=1S/C54H46N6O7S3.HI/c1-3-67-58-44(42-35-70-52(55-42)57-53(37-21-9-4-10-22-37,38-23-11-5-12-24-38)39-25-13-6-14-26-39)47(61)56-45-48(62)60-46(50(63)64)36(34-69-49(45)60)33-68-43-31-19-20-32-59(43)54(51(65)66-2,40-27-15-7-16-28-40)41-29-17-8-18-30-41;/h4-32,35,45,49H,3,33-34H2,1-2H3,(H2-,55,56,57,61,63,64);1H/b58-44-;/t45-,49-;/m1./s1. The molecule has 0 saturated carbocycles. The number of thiazole rings is 1. The van der Waals surface area contributed by atoms with Crippen LogP contribution in [0.3, 0.4) is 0 Å². The first-order valence-corrected chi connectivity index (χ1v) is 25.3. The van der Waals surface area contributed by atoms with Crippen LogP contribution in [0.1, 0.15) is 40.4 Å². The molecule has 1 saturated heterocycles. The Kier molecular flexibility index (Phi) is 16.0. The number of benzene rings is 5. The van der Waals surface area contributed by atoms with Crippen molar-refractivity contribution in [2.45, 2.75) is 34.4 Å². The van der Waals surface area contributed by atoms with Gasteiger partial charge in [-0.1, -0.05) is 169 Å². The monoisotopic (exact) mass is 1110 g/mol. The number of aliphatic carboxylic acids is 1. The summed E-state index contributed by atoms with van der Waals surface area (Å²) in [6, 6.07) is 53.3. The Hall–Kier alpha value is -6.80. The van der Waals surface area contributed by atoms with Crippen molar-refractivity contribution in [2.75, 3.05) is 30.5 Å². The van der Waals surface area contributed by atoms with Gasteiger partial charge in [0.25, 0.3) is 11.8 Å². The van der Waals surface area contributed by atoms with Crippen LogP contribution in [0.15, 0.2) is 203 Å². The number of hydrogen-bond acceptors (Lipinski definition) is 12. The van der Waals surface area contributed by atoms with E-state index in [1.54, 1.807) is 12.3 Å². The molecule has 7 aromatic rings. The lowest BCUT2D eigenvalue weighted by Crippen LogP contribution is -3.00. The number of fused-ring (bicyclic) bond motifs is 1. The first-order chi connectivity index (χ1) is 34.2. The van der Waals surface area contributed by atoms with Crippen LogP contribution in [0.4, 0.5) is 5.13 Å². The Labute approximate surface area is 440 Å². The van der Waals surface area contributed by atoms with Crippen LogP contribution in [0.5, 0.6) is 0 Å². The van der Waals surface area contributed by atoms with Crippen LogP contribution < -0.4 is 39.2 Å². The number of rotatable bonds is 18. The molecule has 2 amide bonds. The molecule has 9 rings (SSSR count). The topological polar surface area (TPSA) is 163 Å². The zero-order valence-electron chi connectivity index (χ0n) is 38.4. The van der Waals surface area contributed by atoms with E-state index in [-0.39, 0.29) is 59.2 Å². The number of aromatic nitrogens is 2. The molecular weight excluding hydrogens is 1070 g/mol. The summed E-state index contributed by atoms with van der Waals surface area (Å²) in [6.45, 7) is 1.90. The Morgan fingerprint density at radius 3 is 1.83 bits per heavy atom. The molecule has 360 valence electrons. The fourth-order valence-corrected chi connectivity index (χ4v) is 12.3. The number of carboxylic acid groups (broad SMARTS) is 1. The molecule has 13 nitrogen and oxygen atoms in total. The smallest absolute Gasteiger partial charge is 0.389 e. The zero-order chi connectivity index (χ0) is 48.7. The van der Waals surface area contributed by atoms with Gasteiger partial charge in [0.2, 0.25) is 5.03 Å². The maximum absolute atomic E-state index is 14.2. The second-order valence-corrected chi connectivity index (χ2v) is 19.1. The number of β-lactam (4-membered cyclic amide) rings is 1. The van der Waals surface area contributed by atoms with E-state index < -0.39 is 46.2 Å². The van der Waals surface area contributed by atoms with Gasteiger partial charge in [0, 0.05) is 40.1 Å². The minimum atomic E-state index is -1.44. The van der Waals surface area contributed by atoms with E-state index in [1.807, 2.05) is 144 Å². The molecule has 2 aliphatic heterocycles. The number of ether oxygens (including phenoxy) is 1. The van der Waals surface area contributed by atoms with Crippen LogP contribution in [-0.2, 0) is 39.8 Å². The first kappa shape index (κ1) is 50.6. The molecule has 0 spiro atoms. The highest BCUT2D eigenvalue weighted by atomic mass is 127. The molecule has 2 atom stereocenters. The fourth-order valence-electron chi connectivity index (χ4n) is 8.99. The number of esters is 1. The minimum absolute atomic E-state index is 0. The molecule has 5 aromatic carbocycles. The lowest BCUT2D eigenvalue weighted by molar-refractivity contribution is -0.764. The maximum atomic E-state index is 14.2. The molecular formula is C54H47IN6O7S3. The summed E-state index contributed by atoms with van der Waals surface area (Å²) in [7, 11) is 1.35. The molecule has 3 N–H and O–H groups in total. The Bertz CT molecular complexity index is 2940. The molecule has 17 heteroatoms. The third-order valence-corrected chi connectivity index (χ3v) is 15.4. The van der Waals surface area contributed by atoms with E-state index in [0.717, 1.165) is 16.7 Å². The first-order valence-electron chi connectivity index (χ1n) is 22.4. The lowest BCUT2D eigenvalue weighted by Gasteiger charge is -2.49. The maximum Gasteiger partial charge on any atom is 0.389 e. The van der Waals surface area contributed by atoms with Crippen molar-refractivity contribution in [2.24, 2.45) is 5.16 Å². The van der Waals surface area contributed by atoms with Crippen molar-refractivity contribution in [3.8, 4) is 0 Å². The number of thioether (sulfide) groups is 2. The number of carboxylic acids is 1. The SMILES string of the molecule is CCO/N=C(\C(=O)N[C@@H]1C(=O)N2C(C(=O)O)=C(CSc3cccc[n+]3C(C(=O)OC)(c3ccccc3)c3ccccc3)CS[C@H]12)c1csc(NC(c2ccccc2)(c2ccccc2)c2ccccc2)n1.[I-]. The summed E-state index contributed by atoms with van der Waals surface area (Å²) in [5.41, 5.74) is 2.37. The summed E-state index contributed by atoms with van der Waals surface area (Å²) in [6.07, 6.45) is 1.81. The number of carbonyl (C=O) groups excluding carboxylic acids is 3. The average molecular weight is 1120 g/mol. The van der Waals surface area contributed by atoms with E-state index >= 15 is 0 Å². The number of oxime groups is 1. The predicted molar refractivity (Wildman–Crippen MR) is 271 cm³/mol. The molecule has 2 aromatic heterocycles. The van der Waals surface area contributed by atoms with Gasteiger partial charge in [0.15, 0.2) is 17.0 Å². The molecule has 0 unspecified atom stereocenters. The van der Waals surface area contributed by atoms with Crippen molar-refractivity contribution >= 4 is 69.5 Å². The van der Waals surface area contributed by atoms with Crippen LogP contribution in [-0.4, -0.2) is 81.1 Å². The number of nitrogens with zero attached hydrogens (tertiary/aromatic N) is 4. The Balaban J connectivity index is 0.00000676. The molecule has 0 aliphatic carbocycles. The second-order valence-electron chi connectivity index (χ2n) is 16.1. The molecule has 2 aliphatic rings. The van der Waals surface area contributed by atoms with Crippen molar-refractivity contribution < 1.29 is 62.4 Å². The van der Waals surface area contributed by atoms with Gasteiger partial charge in [-0.2, -0.15) is 4.57 Å². The number of amides is 2. The van der Waals surface area contributed by atoms with E-state index in [2.05, 4.69) is 52.2 Å². The van der Waals surface area contributed by atoms with Crippen LogP contribution in [0.25, 0.3) is 0 Å². The summed E-state index contributed by atoms with van der Waals surface area (Å²) in [5.74, 6) is -2.62. The molecule has 0 radical (unpaired) electrons. The van der Waals surface area contributed by atoms with Gasteiger partial charge < -0.3 is 49.3 Å². The normalized spacial score (nSPS) is 15.7. The number of hydrogen-bond donors (Lipinski definition) is 3. The molecule has 71 heavy (non-hydrogen) atoms. The van der Waals surface area contributed by atoms with Gasteiger partial charge in [0.1, 0.15) is 35.0 Å². The number of pyridine rings is 1. The Morgan fingerprint density at radius 1 is 0.803 bits per heavy atom. The van der Waals surface area contributed by atoms with Crippen LogP contribution in [0, 0.1) is 0 Å². The third kappa shape index (κ3) is 9.70. The van der Waals surface area contributed by atoms with E-state index in [0.29, 0.717) is 26.9 Å². The van der Waals surface area contributed by atoms with Crippen molar-refractivity contribution in [3.05, 3.63) is 226 Å². The van der Waals surface area contributed by atoms with E-state index in [9.17, 15) is 24.3 Å². The molecule has 4 heterocycles. The number of methoxy groups -OCH3 is 1. The van der Waals surface area contributed by atoms with Gasteiger partial charge in [0.05, 0.1) is 7.11 Å². The highest BCUT2D eigenvalue weighted by Gasteiger charge is 2.56. The third-order valence-electron chi connectivity index (χ3n) is 12.1. The predicted octanol–water partition coefficient (Wildman–Crippen LogP) is 5.08. The van der Waals surface area contributed by atoms with Crippen molar-refractivity contribution in [3.63, 3.8) is 0 Å². The number of nitrogens with one attached hydrogen (secondary N) is 2. The molecule has 1 fully saturated rings. The fraction of sp³-hybridized carbons (Fsp3) is 0.167. The van der Waals surface area contributed by atoms with Gasteiger partial charge in [-0.25, -0.2) is 14.6 Å². The van der Waals surface area contributed by atoms with Gasteiger partial charge >= 0.3 is 17.5 Å². The highest BCUT2D eigenvalue weighted by molar-refractivity contribution is 8.01. The number of anilines is 1. The van der Waals surface area contributed by atoms with Crippen molar-refractivity contribution in [1.82, 2.24) is 15.2 Å². The van der Waals surface area contributed by atoms with Gasteiger partial charge in [-0.05, 0) is 35.3 Å². The second kappa shape index (κ2) is 22.5. The van der Waals surface area contributed by atoms with E-state index in [1.165, 1.54) is 46.9 Å². The summed E-state index contributed by atoms with van der Waals surface area (Å²) < 4.78 is 7.38. The lowest BCUT2D eigenvalue weighted by atomic mass is 9.77. The Morgan fingerprint density at radius 2 is 1.32 bits per heavy atom. The quantitative estimate of drug-likeness (QED) is 0.0154. The summed E-state index contributed by atoms with van der Waals surface area (Å²) >= 11 is 3.98. The largest absolute Gasteiger partial charge is 1.00 e. The van der Waals surface area contributed by atoms with Crippen molar-refractivity contribution in [1.29, 1.82) is 0 Å². The van der Waals surface area contributed by atoms with E-state index in [4.69, 9.17) is 14.6 Å². The van der Waals surface area contributed by atoms with Crippen LogP contribution >= 0.6 is 34.9 Å². The van der Waals surface area contributed by atoms with Crippen LogP contribution in [0.2, 0.25) is 0 Å². The minimum Gasteiger partial charge on any atom is -1.00 e.